The van der Waals surface area contributed by atoms with Gasteiger partial charge in [0, 0.05) is 18.3 Å². The van der Waals surface area contributed by atoms with Crippen LogP contribution in [0.3, 0.4) is 0 Å². The van der Waals surface area contributed by atoms with Crippen LogP contribution in [0, 0.1) is 13.8 Å². The van der Waals surface area contributed by atoms with Crippen LogP contribution in [-0.4, -0.2) is 24.6 Å². The summed E-state index contributed by atoms with van der Waals surface area (Å²) in [6, 6.07) is 7.85. The second kappa shape index (κ2) is 6.37. The number of esters is 1. The largest absolute Gasteiger partial charge is 0.468 e. The highest BCUT2D eigenvalue weighted by Gasteiger charge is 2.41. The van der Waals surface area contributed by atoms with Gasteiger partial charge in [-0.2, -0.15) is 0 Å². The zero-order valence-corrected chi connectivity index (χ0v) is 13.4. The lowest BCUT2D eigenvalue weighted by Crippen LogP contribution is -2.46. The van der Waals surface area contributed by atoms with E-state index < -0.39 is 5.41 Å². The number of hydrogen-bond donors (Lipinski definition) is 1. The Morgan fingerprint density at radius 3 is 2.71 bits per heavy atom. The molecular weight excluding hydrogens is 284 g/mol. The summed E-state index contributed by atoms with van der Waals surface area (Å²) in [4.78, 5) is 16.9. The van der Waals surface area contributed by atoms with Crippen LogP contribution in [0.5, 0.6) is 0 Å². The predicted molar refractivity (Wildman–Crippen MR) is 84.5 cm³/mol. The molecule has 2 aromatic rings. The molecule has 0 bridgehead atoms. The fourth-order valence-corrected chi connectivity index (χ4v) is 3.11. The first-order valence-electron chi connectivity index (χ1n) is 6.78. The van der Waals surface area contributed by atoms with E-state index in [1.165, 1.54) is 7.11 Å². The predicted octanol–water partition coefficient (Wildman–Crippen LogP) is 2.37. The summed E-state index contributed by atoms with van der Waals surface area (Å²) in [6.45, 7) is 4.12. The number of aryl methyl sites for hydroxylation is 2. The van der Waals surface area contributed by atoms with Crippen LogP contribution < -0.4 is 5.73 Å². The Morgan fingerprint density at radius 2 is 2.19 bits per heavy atom. The summed E-state index contributed by atoms with van der Waals surface area (Å²) < 4.78 is 5.04. The first-order chi connectivity index (χ1) is 10.0. The molecule has 0 amide bonds. The Balaban J connectivity index is 2.50. The van der Waals surface area contributed by atoms with Crippen molar-refractivity contribution in [3.05, 3.63) is 51.5 Å². The molecule has 0 saturated carbocycles. The van der Waals surface area contributed by atoms with E-state index in [2.05, 4.69) is 4.98 Å². The highest BCUT2D eigenvalue weighted by atomic mass is 32.1. The van der Waals surface area contributed by atoms with Crippen LogP contribution in [0.2, 0.25) is 0 Å². The molecule has 0 aliphatic heterocycles. The summed E-state index contributed by atoms with van der Waals surface area (Å²) in [6.07, 6.45) is 0.448. The van der Waals surface area contributed by atoms with Crippen molar-refractivity contribution in [1.29, 1.82) is 0 Å². The maximum absolute atomic E-state index is 12.5. The number of carbonyl (C=O) groups excluding carboxylic acids is 1. The Hall–Kier alpha value is -1.72. The van der Waals surface area contributed by atoms with Crippen LogP contribution in [-0.2, 0) is 21.4 Å². The highest BCUT2D eigenvalue weighted by Crippen LogP contribution is 2.30. The second-order valence-electron chi connectivity index (χ2n) is 5.18. The van der Waals surface area contributed by atoms with E-state index in [0.717, 1.165) is 21.8 Å². The molecule has 1 aromatic heterocycles. The van der Waals surface area contributed by atoms with Gasteiger partial charge >= 0.3 is 5.97 Å². The molecule has 2 N–H and O–H groups in total. The van der Waals surface area contributed by atoms with E-state index in [-0.39, 0.29) is 12.5 Å². The molecule has 0 saturated heterocycles. The average Bonchev–Trinajstić information content (AvgIpc) is 2.89. The van der Waals surface area contributed by atoms with Crippen LogP contribution in [0.4, 0.5) is 0 Å². The Labute approximate surface area is 129 Å². The van der Waals surface area contributed by atoms with Crippen molar-refractivity contribution in [2.24, 2.45) is 5.73 Å². The van der Waals surface area contributed by atoms with Crippen molar-refractivity contribution in [3.63, 3.8) is 0 Å². The van der Waals surface area contributed by atoms with Gasteiger partial charge in [-0.1, -0.05) is 29.8 Å². The van der Waals surface area contributed by atoms with Gasteiger partial charge in [0.1, 0.15) is 5.41 Å². The number of methoxy groups -OCH3 is 1. The highest BCUT2D eigenvalue weighted by molar-refractivity contribution is 7.09. The number of nitrogens with two attached hydrogens (primary N) is 1. The number of ether oxygens (including phenoxy) is 1. The van der Waals surface area contributed by atoms with E-state index >= 15 is 0 Å². The maximum atomic E-state index is 12.5. The second-order valence-corrected chi connectivity index (χ2v) is 6.24. The Bertz CT molecular complexity index is 639. The number of nitrogens with zero attached hydrogens (tertiary/aromatic N) is 1. The molecule has 0 aliphatic rings. The van der Waals surface area contributed by atoms with E-state index in [1.54, 1.807) is 11.3 Å². The molecule has 0 radical (unpaired) electrons. The van der Waals surface area contributed by atoms with Crippen molar-refractivity contribution in [2.45, 2.75) is 25.7 Å². The monoisotopic (exact) mass is 304 g/mol. The van der Waals surface area contributed by atoms with Crippen LogP contribution in [0.15, 0.2) is 29.6 Å². The van der Waals surface area contributed by atoms with Crippen molar-refractivity contribution in [1.82, 2.24) is 4.98 Å². The molecule has 1 heterocycles. The molecule has 1 unspecified atom stereocenters. The lowest BCUT2D eigenvalue weighted by atomic mass is 9.76. The smallest absolute Gasteiger partial charge is 0.317 e. The molecule has 5 heteroatoms. The van der Waals surface area contributed by atoms with E-state index in [9.17, 15) is 4.79 Å². The minimum atomic E-state index is -0.888. The number of thiazole rings is 1. The summed E-state index contributed by atoms with van der Waals surface area (Å²) in [5.41, 5.74) is 7.94. The van der Waals surface area contributed by atoms with Crippen molar-refractivity contribution >= 4 is 17.3 Å². The van der Waals surface area contributed by atoms with Crippen LogP contribution in [0.25, 0.3) is 0 Å². The lowest BCUT2D eigenvalue weighted by Gasteiger charge is -2.29. The Kier molecular flexibility index (Phi) is 4.75. The molecular formula is C16H20N2O2S. The number of hydrogen-bond acceptors (Lipinski definition) is 5. The summed E-state index contributed by atoms with van der Waals surface area (Å²) in [5, 5.41) is 2.95. The Morgan fingerprint density at radius 1 is 1.43 bits per heavy atom. The molecule has 0 spiro atoms. The minimum Gasteiger partial charge on any atom is -0.468 e. The van der Waals surface area contributed by atoms with Crippen molar-refractivity contribution in [2.75, 3.05) is 13.7 Å². The molecule has 1 aromatic carbocycles. The first kappa shape index (κ1) is 15.7. The molecule has 0 aliphatic carbocycles. The fourth-order valence-electron chi connectivity index (χ4n) is 2.50. The third-order valence-corrected chi connectivity index (χ3v) is 4.47. The molecule has 112 valence electrons. The number of aromatic nitrogens is 1. The number of benzene rings is 1. The molecule has 21 heavy (non-hydrogen) atoms. The van der Waals surface area contributed by atoms with Gasteiger partial charge in [-0.25, -0.2) is 4.98 Å². The van der Waals surface area contributed by atoms with E-state index in [4.69, 9.17) is 10.5 Å². The SMILES string of the molecule is COC(=O)C(CN)(Cc1csc(C)n1)c1cccc(C)c1. The minimum absolute atomic E-state index is 0.180. The third kappa shape index (κ3) is 3.14. The summed E-state index contributed by atoms with van der Waals surface area (Å²) in [7, 11) is 1.40. The van der Waals surface area contributed by atoms with Gasteiger partial charge in [0.25, 0.3) is 0 Å². The van der Waals surface area contributed by atoms with Crippen LogP contribution in [0.1, 0.15) is 21.8 Å². The average molecular weight is 304 g/mol. The molecule has 1 atom stereocenters. The molecule has 4 nitrogen and oxygen atoms in total. The fraction of sp³-hybridized carbons (Fsp3) is 0.375. The van der Waals surface area contributed by atoms with E-state index in [0.29, 0.717) is 6.42 Å². The number of carbonyl (C=O) groups is 1. The first-order valence-corrected chi connectivity index (χ1v) is 7.66. The molecule has 0 fully saturated rings. The van der Waals surface area contributed by atoms with E-state index in [1.807, 2.05) is 43.5 Å². The quantitative estimate of drug-likeness (QED) is 0.861. The lowest BCUT2D eigenvalue weighted by molar-refractivity contribution is -0.147. The summed E-state index contributed by atoms with van der Waals surface area (Å²) >= 11 is 1.57. The van der Waals surface area contributed by atoms with Gasteiger partial charge in [0.15, 0.2) is 0 Å². The topological polar surface area (TPSA) is 65.2 Å². The van der Waals surface area contributed by atoms with Gasteiger partial charge in [0.2, 0.25) is 0 Å². The standard InChI is InChI=1S/C16H20N2O2S/c1-11-5-4-6-13(7-11)16(10-17,15(19)20-3)8-14-9-21-12(2)18-14/h4-7,9H,8,10,17H2,1-3H3. The normalized spacial score (nSPS) is 13.7. The third-order valence-electron chi connectivity index (χ3n) is 3.64. The number of rotatable bonds is 5. The maximum Gasteiger partial charge on any atom is 0.317 e. The van der Waals surface area contributed by atoms with Crippen molar-refractivity contribution in [3.8, 4) is 0 Å². The van der Waals surface area contributed by atoms with Gasteiger partial charge < -0.3 is 10.5 Å². The van der Waals surface area contributed by atoms with Gasteiger partial charge in [0.05, 0.1) is 17.8 Å². The van der Waals surface area contributed by atoms with Gasteiger partial charge in [-0.3, -0.25) is 4.79 Å². The van der Waals surface area contributed by atoms with Gasteiger partial charge in [-0.15, -0.1) is 11.3 Å². The van der Waals surface area contributed by atoms with Crippen LogP contribution >= 0.6 is 11.3 Å². The molecule has 2 rings (SSSR count). The van der Waals surface area contributed by atoms with Gasteiger partial charge in [-0.05, 0) is 19.4 Å². The zero-order valence-electron chi connectivity index (χ0n) is 12.6. The van der Waals surface area contributed by atoms with Crippen molar-refractivity contribution < 1.29 is 9.53 Å². The zero-order chi connectivity index (χ0) is 15.5. The summed E-state index contributed by atoms with van der Waals surface area (Å²) in [5.74, 6) is -0.318.